The van der Waals surface area contributed by atoms with Crippen molar-refractivity contribution in [2.24, 2.45) is 5.73 Å². The molecule has 0 fully saturated rings. The number of halogens is 1. The molecule has 0 aromatic rings. The summed E-state index contributed by atoms with van der Waals surface area (Å²) >= 11 is 1.66. The number of aliphatic hydroxyl groups is 2. The maximum atomic E-state index is 12.1. The van der Waals surface area contributed by atoms with E-state index in [2.05, 4.69) is 12.2 Å². The van der Waals surface area contributed by atoms with E-state index in [4.69, 9.17) is 10.8 Å². The number of thioether (sulfide) groups is 1. The van der Waals surface area contributed by atoms with Crippen molar-refractivity contribution in [2.45, 2.75) is 50.8 Å². The third-order valence-electron chi connectivity index (χ3n) is 3.03. The molecule has 0 aliphatic rings. The van der Waals surface area contributed by atoms with Gasteiger partial charge in [-0.1, -0.05) is 19.8 Å². The summed E-state index contributed by atoms with van der Waals surface area (Å²) in [5, 5.41) is 21.9. The second kappa shape index (κ2) is 16.5. The molecule has 3 unspecified atom stereocenters. The highest BCUT2D eigenvalue weighted by atomic mass is 35.5. The van der Waals surface area contributed by atoms with E-state index in [9.17, 15) is 9.90 Å². The van der Waals surface area contributed by atoms with Gasteiger partial charge in [0.25, 0.3) is 0 Å². The Labute approximate surface area is 138 Å². The monoisotopic (exact) mass is 346 g/mol. The average Bonchev–Trinajstić information content (AvgIpc) is 2.44. The Balaban J connectivity index is -0.00000162. The summed E-state index contributed by atoms with van der Waals surface area (Å²) in [6.07, 6.45) is 4.62. The van der Waals surface area contributed by atoms with Crippen LogP contribution in [-0.4, -0.2) is 64.8 Å². The molecule has 8 heteroatoms. The zero-order valence-corrected chi connectivity index (χ0v) is 14.5. The van der Waals surface area contributed by atoms with E-state index in [0.717, 1.165) is 31.6 Å². The van der Waals surface area contributed by atoms with Gasteiger partial charge < -0.3 is 26.7 Å². The smallest absolute Gasteiger partial charge is 0.179 e. The van der Waals surface area contributed by atoms with Gasteiger partial charge in [-0.05, 0) is 31.4 Å². The minimum Gasteiger partial charge on any atom is -0.412 e. The Bertz CT molecular complexity index is 250. The molecule has 0 bridgehead atoms. The number of ketones is 1. The lowest BCUT2D eigenvalue weighted by molar-refractivity contribution is -0.130. The molecular weight excluding hydrogens is 316 g/mol. The van der Waals surface area contributed by atoms with Crippen LogP contribution in [0, 0.1) is 0 Å². The Morgan fingerprint density at radius 3 is 2.48 bits per heavy atom. The van der Waals surface area contributed by atoms with Gasteiger partial charge in [-0.25, -0.2) is 0 Å². The first-order valence-electron chi connectivity index (χ1n) is 6.89. The third kappa shape index (κ3) is 11.3. The van der Waals surface area contributed by atoms with Gasteiger partial charge in [0, 0.05) is 0 Å². The van der Waals surface area contributed by atoms with Crippen molar-refractivity contribution in [2.75, 3.05) is 25.2 Å². The lowest BCUT2D eigenvalue weighted by Gasteiger charge is -2.23. The summed E-state index contributed by atoms with van der Waals surface area (Å²) in [6, 6.07) is -1.28. The maximum absolute atomic E-state index is 12.1. The topological polar surface area (TPSA) is 127 Å². The lowest BCUT2D eigenvalue weighted by atomic mass is 10.00. The first kappa shape index (κ1) is 26.0. The molecule has 0 aliphatic carbocycles. The molecule has 130 valence electrons. The normalized spacial score (nSPS) is 14.5. The van der Waals surface area contributed by atoms with E-state index >= 15 is 0 Å². The molecule has 0 aromatic carbocycles. The summed E-state index contributed by atoms with van der Waals surface area (Å²) in [7, 11) is 0. The van der Waals surface area contributed by atoms with Crippen LogP contribution in [0.3, 0.4) is 0 Å². The van der Waals surface area contributed by atoms with Crippen molar-refractivity contribution >= 4 is 30.0 Å². The number of nitrogens with one attached hydrogen (secondary N) is 1. The predicted octanol–water partition coefficient (Wildman–Crippen LogP) is -0.265. The van der Waals surface area contributed by atoms with Crippen molar-refractivity contribution in [3.8, 4) is 0 Å². The molecule has 0 amide bonds. The van der Waals surface area contributed by atoms with Gasteiger partial charge in [0.05, 0.1) is 18.7 Å². The first-order valence-corrected chi connectivity index (χ1v) is 8.28. The summed E-state index contributed by atoms with van der Waals surface area (Å²) in [5.41, 5.74) is 5.51. The first-order chi connectivity index (χ1) is 9.08. The van der Waals surface area contributed by atoms with Crippen LogP contribution in [0.15, 0.2) is 0 Å². The van der Waals surface area contributed by atoms with Gasteiger partial charge in [0.1, 0.15) is 6.10 Å². The Morgan fingerprint density at radius 1 is 1.38 bits per heavy atom. The van der Waals surface area contributed by atoms with Crippen LogP contribution in [-0.2, 0) is 4.79 Å². The summed E-state index contributed by atoms with van der Waals surface area (Å²) in [5.74, 6) is 0.533. The van der Waals surface area contributed by atoms with Crippen molar-refractivity contribution in [1.82, 2.24) is 5.32 Å². The minimum absolute atomic E-state index is 0. The van der Waals surface area contributed by atoms with Gasteiger partial charge in [0.2, 0.25) is 0 Å². The van der Waals surface area contributed by atoms with Crippen molar-refractivity contribution in [1.29, 1.82) is 0 Å². The van der Waals surface area contributed by atoms with E-state index in [0.29, 0.717) is 6.42 Å². The number of rotatable bonds is 12. The van der Waals surface area contributed by atoms with Crippen LogP contribution in [0.4, 0.5) is 0 Å². The van der Waals surface area contributed by atoms with Crippen LogP contribution in [0.2, 0.25) is 0 Å². The van der Waals surface area contributed by atoms with Gasteiger partial charge in [-0.15, -0.1) is 12.4 Å². The molecule has 6 nitrogen and oxygen atoms in total. The predicted molar refractivity (Wildman–Crippen MR) is 91.3 cm³/mol. The number of hydrogen-bond donors (Lipinski definition) is 4. The second-order valence-electron chi connectivity index (χ2n) is 4.69. The van der Waals surface area contributed by atoms with Crippen LogP contribution in [0.5, 0.6) is 0 Å². The van der Waals surface area contributed by atoms with Crippen LogP contribution in [0.1, 0.15) is 32.6 Å². The minimum atomic E-state index is -1.30. The maximum Gasteiger partial charge on any atom is 0.179 e. The van der Waals surface area contributed by atoms with Crippen molar-refractivity contribution < 1.29 is 20.5 Å². The number of aliphatic hydroxyl groups excluding tert-OH is 2. The molecule has 0 spiro atoms. The number of nitrogens with two attached hydrogens (primary N) is 1. The quantitative estimate of drug-likeness (QED) is 0.360. The molecule has 0 saturated carbocycles. The third-order valence-corrected chi connectivity index (χ3v) is 3.68. The van der Waals surface area contributed by atoms with Crippen LogP contribution >= 0.6 is 24.2 Å². The fraction of sp³-hybridized carbons (Fsp3) is 0.923. The molecule has 0 rings (SSSR count). The Kier molecular flexibility index (Phi) is 20.4. The Morgan fingerprint density at radius 2 is 2.00 bits per heavy atom. The number of hydrogen-bond acceptors (Lipinski definition) is 6. The summed E-state index contributed by atoms with van der Waals surface area (Å²) in [6.45, 7) is 2.50. The number of unbranched alkanes of at least 4 members (excludes halogenated alkanes) is 2. The number of Topliss-reactive ketones (excluding diaryl/α,β-unsaturated/α-hetero) is 1. The van der Waals surface area contributed by atoms with Crippen molar-refractivity contribution in [3.63, 3.8) is 0 Å². The molecule has 3 atom stereocenters. The molecule has 0 saturated heterocycles. The van der Waals surface area contributed by atoms with Crippen LogP contribution < -0.4 is 11.1 Å². The van der Waals surface area contributed by atoms with Gasteiger partial charge in [0.15, 0.2) is 5.78 Å². The Hall–Kier alpha value is 0.110. The molecule has 7 N–H and O–H groups in total. The fourth-order valence-corrected chi connectivity index (χ4v) is 2.22. The molecule has 0 aliphatic heterocycles. The average molecular weight is 347 g/mol. The molecule has 0 radical (unpaired) electrons. The van der Waals surface area contributed by atoms with Gasteiger partial charge in [-0.2, -0.15) is 11.8 Å². The molecular formula is C13H31ClN2O4S. The van der Waals surface area contributed by atoms with Gasteiger partial charge in [-0.3, -0.25) is 4.79 Å². The molecule has 0 aromatic heterocycles. The zero-order chi connectivity index (χ0) is 14.7. The zero-order valence-electron chi connectivity index (χ0n) is 12.9. The van der Waals surface area contributed by atoms with E-state index in [1.807, 2.05) is 6.26 Å². The van der Waals surface area contributed by atoms with Crippen LogP contribution in [0.25, 0.3) is 0 Å². The second-order valence-corrected chi connectivity index (χ2v) is 5.67. The SMILES string of the molecule is CCCCCNC(CCSC)C(=O)C(O)C(N)CO.Cl.O. The molecule has 21 heavy (non-hydrogen) atoms. The highest BCUT2D eigenvalue weighted by molar-refractivity contribution is 7.98. The number of carbonyl (C=O) groups is 1. The standard InChI is InChI=1S/C13H28N2O3S.ClH.H2O/c1-3-4-5-7-15-11(6-8-19-2)13(18)12(17)10(14)9-16;;/h10-12,15-17H,3-9,14H2,1-2H3;1H;1H2. The largest absolute Gasteiger partial charge is 0.412 e. The highest BCUT2D eigenvalue weighted by Gasteiger charge is 2.28. The highest BCUT2D eigenvalue weighted by Crippen LogP contribution is 2.06. The van der Waals surface area contributed by atoms with Gasteiger partial charge >= 0.3 is 0 Å². The lowest BCUT2D eigenvalue weighted by Crippen LogP contribution is -2.51. The molecule has 0 heterocycles. The number of carbonyl (C=O) groups excluding carboxylic acids is 1. The van der Waals surface area contributed by atoms with E-state index in [1.165, 1.54) is 0 Å². The summed E-state index contributed by atoms with van der Waals surface area (Å²) < 4.78 is 0. The van der Waals surface area contributed by atoms with E-state index < -0.39 is 18.8 Å². The van der Waals surface area contributed by atoms with E-state index in [1.54, 1.807) is 11.8 Å². The van der Waals surface area contributed by atoms with Crippen molar-refractivity contribution in [3.05, 3.63) is 0 Å². The summed E-state index contributed by atoms with van der Waals surface area (Å²) in [4.78, 5) is 12.1. The fourth-order valence-electron chi connectivity index (χ4n) is 1.75. The van der Waals surface area contributed by atoms with E-state index in [-0.39, 0.29) is 29.7 Å².